The van der Waals surface area contributed by atoms with Gasteiger partial charge in [0.2, 0.25) is 0 Å². The summed E-state index contributed by atoms with van der Waals surface area (Å²) < 4.78 is 0. The third-order valence-corrected chi connectivity index (χ3v) is 3.22. The van der Waals surface area contributed by atoms with Crippen LogP contribution in [-0.2, 0) is 5.72 Å². The second-order valence-electron chi connectivity index (χ2n) is 5.32. The van der Waals surface area contributed by atoms with Crippen LogP contribution in [0.1, 0.15) is 25.8 Å². The minimum atomic E-state index is -1.39. The van der Waals surface area contributed by atoms with Crippen LogP contribution in [0.2, 0.25) is 0 Å². The molecule has 1 aliphatic carbocycles. The number of allylic oxidation sites excluding steroid dienone is 2. The smallest absolute Gasteiger partial charge is 0.165 e. The maximum Gasteiger partial charge on any atom is 0.165 e. The Kier molecular flexibility index (Phi) is 2.94. The van der Waals surface area contributed by atoms with Crippen molar-refractivity contribution >= 4 is 0 Å². The third-order valence-electron chi connectivity index (χ3n) is 3.22. The molecule has 0 spiro atoms. The number of benzene rings is 1. The summed E-state index contributed by atoms with van der Waals surface area (Å²) in [6.45, 7) is 4.32. The van der Waals surface area contributed by atoms with Crippen LogP contribution in [0.4, 0.5) is 0 Å². The topological polar surface area (TPSA) is 46.2 Å². The molecule has 0 heterocycles. The van der Waals surface area contributed by atoms with Crippen molar-refractivity contribution in [3.63, 3.8) is 0 Å². The molecule has 0 saturated carbocycles. The van der Waals surface area contributed by atoms with Gasteiger partial charge in [-0.1, -0.05) is 62.4 Å². The molecule has 0 bridgehead atoms. The Bertz CT molecular complexity index is 455. The van der Waals surface area contributed by atoms with E-state index in [9.17, 15) is 5.11 Å². The van der Waals surface area contributed by atoms with Crippen LogP contribution in [-0.4, -0.2) is 5.11 Å². The van der Waals surface area contributed by atoms with Gasteiger partial charge in [0.05, 0.1) is 0 Å². The fourth-order valence-corrected chi connectivity index (χ4v) is 1.97. The zero-order valence-corrected chi connectivity index (χ0v) is 10.4. The normalized spacial score (nSPS) is 21.8. The van der Waals surface area contributed by atoms with Gasteiger partial charge in [0.1, 0.15) is 0 Å². The predicted octanol–water partition coefficient (Wildman–Crippen LogP) is 2.70. The van der Waals surface area contributed by atoms with E-state index in [4.69, 9.17) is 5.73 Å². The molecule has 17 heavy (non-hydrogen) atoms. The fraction of sp³-hybridized carbons (Fsp3) is 0.333. The Morgan fingerprint density at radius 1 is 1.24 bits per heavy atom. The Labute approximate surface area is 102 Å². The van der Waals surface area contributed by atoms with Crippen LogP contribution in [0.15, 0.2) is 54.1 Å². The highest BCUT2D eigenvalue weighted by atomic mass is 16.3. The van der Waals surface area contributed by atoms with Crippen molar-refractivity contribution in [1.29, 1.82) is 0 Å². The van der Waals surface area contributed by atoms with E-state index in [1.165, 1.54) is 0 Å². The van der Waals surface area contributed by atoms with E-state index in [0.717, 1.165) is 17.6 Å². The van der Waals surface area contributed by atoms with Gasteiger partial charge in [0.15, 0.2) is 5.72 Å². The Hall–Kier alpha value is -1.38. The maximum absolute atomic E-state index is 10.4. The van der Waals surface area contributed by atoms with Crippen molar-refractivity contribution in [2.75, 3.05) is 0 Å². The molecule has 0 aliphatic heterocycles. The van der Waals surface area contributed by atoms with Gasteiger partial charge in [0, 0.05) is 5.56 Å². The first-order valence-corrected chi connectivity index (χ1v) is 5.88. The standard InChI is InChI=1S/C15H19NO/c1-14(2)10-8-13(9-11-14)15(16,17)12-6-4-3-5-7-12/h3-10,17H,11,16H2,1-2H3. The minimum Gasteiger partial charge on any atom is -0.368 e. The number of hydrogen-bond donors (Lipinski definition) is 2. The second-order valence-corrected chi connectivity index (χ2v) is 5.32. The van der Waals surface area contributed by atoms with E-state index >= 15 is 0 Å². The highest BCUT2D eigenvalue weighted by Crippen LogP contribution is 2.34. The van der Waals surface area contributed by atoms with Crippen molar-refractivity contribution in [3.05, 3.63) is 59.7 Å². The third kappa shape index (κ3) is 2.48. The lowest BCUT2D eigenvalue weighted by atomic mass is 9.81. The molecule has 1 aromatic carbocycles. The van der Waals surface area contributed by atoms with Crippen LogP contribution in [0.25, 0.3) is 0 Å². The summed E-state index contributed by atoms with van der Waals surface area (Å²) in [6.07, 6.45) is 6.94. The lowest BCUT2D eigenvalue weighted by Gasteiger charge is -2.30. The minimum absolute atomic E-state index is 0.149. The molecule has 0 saturated heterocycles. The molecule has 1 atom stereocenters. The van der Waals surface area contributed by atoms with Gasteiger partial charge in [-0.3, -0.25) is 5.73 Å². The molecule has 1 aromatic rings. The van der Waals surface area contributed by atoms with E-state index in [1.54, 1.807) is 0 Å². The van der Waals surface area contributed by atoms with Crippen molar-refractivity contribution in [3.8, 4) is 0 Å². The van der Waals surface area contributed by atoms with Crippen molar-refractivity contribution in [1.82, 2.24) is 0 Å². The summed E-state index contributed by atoms with van der Waals surface area (Å²) in [7, 11) is 0. The largest absolute Gasteiger partial charge is 0.368 e. The molecule has 2 rings (SSSR count). The van der Waals surface area contributed by atoms with Gasteiger partial charge in [-0.25, -0.2) is 0 Å². The molecule has 2 heteroatoms. The first-order valence-electron chi connectivity index (χ1n) is 5.88. The quantitative estimate of drug-likeness (QED) is 0.766. The van der Waals surface area contributed by atoms with Crippen LogP contribution in [0.5, 0.6) is 0 Å². The monoisotopic (exact) mass is 229 g/mol. The molecule has 0 radical (unpaired) electrons. The first-order chi connectivity index (χ1) is 7.92. The molecule has 0 amide bonds. The predicted molar refractivity (Wildman–Crippen MR) is 70.1 cm³/mol. The van der Waals surface area contributed by atoms with Crippen molar-refractivity contribution in [2.45, 2.75) is 26.0 Å². The van der Waals surface area contributed by atoms with E-state index in [0.29, 0.717) is 0 Å². The molecule has 1 aliphatic rings. The molecule has 3 N–H and O–H groups in total. The van der Waals surface area contributed by atoms with Crippen LogP contribution >= 0.6 is 0 Å². The van der Waals surface area contributed by atoms with Gasteiger partial charge in [-0.05, 0) is 17.4 Å². The Morgan fingerprint density at radius 2 is 1.88 bits per heavy atom. The average molecular weight is 229 g/mol. The van der Waals surface area contributed by atoms with Crippen molar-refractivity contribution < 1.29 is 5.11 Å². The van der Waals surface area contributed by atoms with Crippen LogP contribution in [0.3, 0.4) is 0 Å². The van der Waals surface area contributed by atoms with Crippen LogP contribution in [0, 0.1) is 5.41 Å². The lowest BCUT2D eigenvalue weighted by molar-refractivity contribution is 0.0863. The summed E-state index contributed by atoms with van der Waals surface area (Å²) in [5.74, 6) is 0. The fourth-order valence-electron chi connectivity index (χ4n) is 1.97. The van der Waals surface area contributed by atoms with E-state index in [1.807, 2.05) is 42.5 Å². The van der Waals surface area contributed by atoms with Crippen LogP contribution < -0.4 is 5.73 Å². The Balaban J connectivity index is 2.30. The molecule has 0 fully saturated rings. The van der Waals surface area contributed by atoms with E-state index in [2.05, 4.69) is 19.9 Å². The number of hydrogen-bond acceptors (Lipinski definition) is 2. The SMILES string of the molecule is CC1(C)C=CC(C(N)(O)c2ccccc2)=CC1. The molecule has 1 unspecified atom stereocenters. The first kappa shape index (κ1) is 12.1. The summed E-state index contributed by atoms with van der Waals surface area (Å²) in [4.78, 5) is 0. The molecule has 90 valence electrons. The van der Waals surface area contributed by atoms with Gasteiger partial charge >= 0.3 is 0 Å². The second kappa shape index (κ2) is 4.13. The van der Waals surface area contributed by atoms with E-state index in [-0.39, 0.29) is 5.41 Å². The lowest BCUT2D eigenvalue weighted by Crippen LogP contribution is -2.38. The number of nitrogens with two attached hydrogens (primary N) is 1. The van der Waals surface area contributed by atoms with Gasteiger partial charge < -0.3 is 5.11 Å². The highest BCUT2D eigenvalue weighted by molar-refractivity contribution is 5.39. The zero-order chi connectivity index (χ0) is 12.5. The maximum atomic E-state index is 10.4. The van der Waals surface area contributed by atoms with Gasteiger partial charge in [-0.2, -0.15) is 0 Å². The zero-order valence-electron chi connectivity index (χ0n) is 10.4. The molecular weight excluding hydrogens is 210 g/mol. The molecular formula is C15H19NO. The van der Waals surface area contributed by atoms with Gasteiger partial charge in [0.25, 0.3) is 0 Å². The number of aliphatic hydroxyl groups is 1. The van der Waals surface area contributed by atoms with E-state index < -0.39 is 5.72 Å². The van der Waals surface area contributed by atoms with Gasteiger partial charge in [-0.15, -0.1) is 0 Å². The summed E-state index contributed by atoms with van der Waals surface area (Å²) >= 11 is 0. The summed E-state index contributed by atoms with van der Waals surface area (Å²) in [5.41, 5.74) is 6.28. The summed E-state index contributed by atoms with van der Waals surface area (Å²) in [6, 6.07) is 9.35. The van der Waals surface area contributed by atoms with Crippen molar-refractivity contribution in [2.24, 2.45) is 11.1 Å². The molecule has 0 aromatic heterocycles. The summed E-state index contributed by atoms with van der Waals surface area (Å²) in [5, 5.41) is 10.4. The number of rotatable bonds is 2. The highest BCUT2D eigenvalue weighted by Gasteiger charge is 2.30. The molecule has 2 nitrogen and oxygen atoms in total. The Morgan fingerprint density at radius 3 is 2.41 bits per heavy atom. The average Bonchev–Trinajstić information content (AvgIpc) is 2.29.